The van der Waals surface area contributed by atoms with E-state index in [4.69, 9.17) is 11.0 Å². The van der Waals surface area contributed by atoms with Gasteiger partial charge in [0.2, 0.25) is 0 Å². The Hall–Kier alpha value is -1.27. The predicted octanol–water partition coefficient (Wildman–Crippen LogP) is 1.80. The van der Waals surface area contributed by atoms with Crippen molar-refractivity contribution in [1.82, 2.24) is 4.57 Å². The van der Waals surface area contributed by atoms with E-state index in [1.807, 2.05) is 18.3 Å². The van der Waals surface area contributed by atoms with Gasteiger partial charge in [0.1, 0.15) is 11.8 Å². The number of hydrogen-bond donors (Lipinski definition) is 1. The zero-order valence-corrected chi connectivity index (χ0v) is 8.19. The van der Waals surface area contributed by atoms with Gasteiger partial charge in [0.25, 0.3) is 0 Å². The minimum absolute atomic E-state index is 0.368. The van der Waals surface area contributed by atoms with E-state index in [9.17, 15) is 0 Å². The number of rotatable bonds is 1. The fraction of sp³-hybridized carbons (Fsp3) is 0.545. The second-order valence-electron chi connectivity index (χ2n) is 3.98. The van der Waals surface area contributed by atoms with Gasteiger partial charge in [-0.2, -0.15) is 5.26 Å². The zero-order chi connectivity index (χ0) is 9.97. The van der Waals surface area contributed by atoms with Gasteiger partial charge in [-0.15, -0.1) is 0 Å². The molecule has 1 aliphatic carbocycles. The Labute approximate surface area is 84.1 Å². The monoisotopic (exact) mass is 189 g/mol. The van der Waals surface area contributed by atoms with E-state index in [-0.39, 0.29) is 0 Å². The molecule has 74 valence electrons. The van der Waals surface area contributed by atoms with Crippen molar-refractivity contribution in [2.24, 2.45) is 5.73 Å². The maximum Gasteiger partial charge on any atom is 0.120 e. The summed E-state index contributed by atoms with van der Waals surface area (Å²) in [5.74, 6) is 0. The summed E-state index contributed by atoms with van der Waals surface area (Å²) in [4.78, 5) is 0. The van der Waals surface area contributed by atoms with Crippen LogP contribution in [0, 0.1) is 11.3 Å². The molecule has 0 saturated heterocycles. The molecular formula is C11H15N3. The minimum atomic E-state index is 0.368. The third kappa shape index (κ3) is 1.66. The first-order valence-corrected chi connectivity index (χ1v) is 5.14. The van der Waals surface area contributed by atoms with Gasteiger partial charge in [0.05, 0.1) is 0 Å². The molecule has 1 aliphatic rings. The maximum absolute atomic E-state index is 8.89. The number of nitrogens with zero attached hydrogens (tertiary/aromatic N) is 2. The molecule has 0 radical (unpaired) electrons. The number of nitrogens with two attached hydrogens (primary N) is 1. The fourth-order valence-electron chi connectivity index (χ4n) is 2.19. The highest BCUT2D eigenvalue weighted by Crippen LogP contribution is 2.28. The number of hydrogen-bond acceptors (Lipinski definition) is 2. The maximum atomic E-state index is 8.89. The Morgan fingerprint density at radius 2 is 2.07 bits per heavy atom. The van der Waals surface area contributed by atoms with Crippen molar-refractivity contribution in [1.29, 1.82) is 5.26 Å². The van der Waals surface area contributed by atoms with Gasteiger partial charge < -0.3 is 10.3 Å². The summed E-state index contributed by atoms with van der Waals surface area (Å²) in [6, 6.07) is 6.88. The van der Waals surface area contributed by atoms with Crippen molar-refractivity contribution in [3.8, 4) is 6.07 Å². The SMILES string of the molecule is N#Cc1cccn1C1CCC(N)CC1. The highest BCUT2D eigenvalue weighted by molar-refractivity contribution is 5.22. The lowest BCUT2D eigenvalue weighted by Crippen LogP contribution is -2.27. The Balaban J connectivity index is 2.13. The molecule has 0 bridgehead atoms. The Bertz CT molecular complexity index is 340. The standard InChI is InChI=1S/C11H15N3/c12-8-11-2-1-7-14(11)10-5-3-9(13)4-6-10/h1-2,7,9-10H,3-6,13H2. The van der Waals surface area contributed by atoms with E-state index in [2.05, 4.69) is 10.6 Å². The van der Waals surface area contributed by atoms with Crippen molar-refractivity contribution in [3.63, 3.8) is 0 Å². The normalized spacial score (nSPS) is 27.1. The highest BCUT2D eigenvalue weighted by atomic mass is 15.0. The van der Waals surface area contributed by atoms with Crippen LogP contribution in [0.1, 0.15) is 37.4 Å². The largest absolute Gasteiger partial charge is 0.336 e. The minimum Gasteiger partial charge on any atom is -0.336 e. The lowest BCUT2D eigenvalue weighted by Gasteiger charge is -2.27. The van der Waals surface area contributed by atoms with Gasteiger partial charge in [-0.25, -0.2) is 0 Å². The van der Waals surface area contributed by atoms with Crippen LogP contribution in [0.5, 0.6) is 0 Å². The molecule has 0 aliphatic heterocycles. The van der Waals surface area contributed by atoms with E-state index in [1.165, 1.54) is 0 Å². The zero-order valence-electron chi connectivity index (χ0n) is 8.19. The molecule has 2 rings (SSSR count). The molecule has 1 fully saturated rings. The van der Waals surface area contributed by atoms with Crippen LogP contribution in [0.15, 0.2) is 18.3 Å². The van der Waals surface area contributed by atoms with Gasteiger partial charge in [-0.3, -0.25) is 0 Å². The Morgan fingerprint density at radius 1 is 1.36 bits per heavy atom. The average Bonchev–Trinajstić information content (AvgIpc) is 2.67. The second kappa shape index (κ2) is 3.85. The molecule has 1 heterocycles. The van der Waals surface area contributed by atoms with Crippen LogP contribution >= 0.6 is 0 Å². The molecule has 0 spiro atoms. The van der Waals surface area contributed by atoms with E-state index in [0.29, 0.717) is 12.1 Å². The fourth-order valence-corrected chi connectivity index (χ4v) is 2.19. The van der Waals surface area contributed by atoms with Crippen molar-refractivity contribution in [2.45, 2.75) is 37.8 Å². The second-order valence-corrected chi connectivity index (χ2v) is 3.98. The van der Waals surface area contributed by atoms with Crippen molar-refractivity contribution in [2.75, 3.05) is 0 Å². The van der Waals surface area contributed by atoms with E-state index < -0.39 is 0 Å². The Morgan fingerprint density at radius 3 is 2.71 bits per heavy atom. The van der Waals surface area contributed by atoms with Crippen LogP contribution in [0.3, 0.4) is 0 Å². The third-order valence-corrected chi connectivity index (χ3v) is 3.03. The van der Waals surface area contributed by atoms with Gasteiger partial charge in [0, 0.05) is 18.3 Å². The molecule has 0 amide bonds. The molecule has 3 heteroatoms. The third-order valence-electron chi connectivity index (χ3n) is 3.03. The number of nitriles is 1. The molecule has 14 heavy (non-hydrogen) atoms. The quantitative estimate of drug-likeness (QED) is 0.732. The van der Waals surface area contributed by atoms with Crippen LogP contribution in [0.4, 0.5) is 0 Å². The summed E-state index contributed by atoms with van der Waals surface area (Å²) in [6.07, 6.45) is 6.36. The smallest absolute Gasteiger partial charge is 0.120 e. The topological polar surface area (TPSA) is 54.7 Å². The summed E-state index contributed by atoms with van der Waals surface area (Å²) >= 11 is 0. The predicted molar refractivity (Wildman–Crippen MR) is 54.6 cm³/mol. The summed E-state index contributed by atoms with van der Waals surface area (Å²) in [5, 5.41) is 8.89. The summed E-state index contributed by atoms with van der Waals surface area (Å²) < 4.78 is 2.09. The van der Waals surface area contributed by atoms with Crippen molar-refractivity contribution >= 4 is 0 Å². The first-order chi connectivity index (χ1) is 6.81. The van der Waals surface area contributed by atoms with Gasteiger partial charge >= 0.3 is 0 Å². The average molecular weight is 189 g/mol. The van der Waals surface area contributed by atoms with Crippen molar-refractivity contribution < 1.29 is 0 Å². The first-order valence-electron chi connectivity index (χ1n) is 5.14. The molecule has 0 aromatic carbocycles. The van der Waals surface area contributed by atoms with E-state index >= 15 is 0 Å². The summed E-state index contributed by atoms with van der Waals surface area (Å²) in [7, 11) is 0. The van der Waals surface area contributed by atoms with Crippen LogP contribution < -0.4 is 5.73 Å². The molecule has 1 aromatic heterocycles. The van der Waals surface area contributed by atoms with Crippen molar-refractivity contribution in [3.05, 3.63) is 24.0 Å². The molecule has 0 unspecified atom stereocenters. The summed E-state index contributed by atoms with van der Waals surface area (Å²) in [6.45, 7) is 0. The van der Waals surface area contributed by atoms with Crippen LogP contribution in [0.25, 0.3) is 0 Å². The molecule has 3 nitrogen and oxygen atoms in total. The molecular weight excluding hydrogens is 174 g/mol. The van der Waals surface area contributed by atoms with Crippen LogP contribution in [-0.4, -0.2) is 10.6 Å². The number of aromatic nitrogens is 1. The summed E-state index contributed by atoms with van der Waals surface area (Å²) in [5.41, 5.74) is 6.62. The lowest BCUT2D eigenvalue weighted by atomic mass is 9.91. The molecule has 2 N–H and O–H groups in total. The molecule has 0 atom stereocenters. The lowest BCUT2D eigenvalue weighted by molar-refractivity contribution is 0.323. The van der Waals surface area contributed by atoms with Gasteiger partial charge in [-0.05, 0) is 37.8 Å². The van der Waals surface area contributed by atoms with Crippen LogP contribution in [0.2, 0.25) is 0 Å². The van der Waals surface area contributed by atoms with Gasteiger partial charge in [-0.1, -0.05) is 0 Å². The van der Waals surface area contributed by atoms with Gasteiger partial charge in [0.15, 0.2) is 0 Å². The van der Waals surface area contributed by atoms with E-state index in [1.54, 1.807) is 0 Å². The molecule has 1 saturated carbocycles. The molecule has 1 aromatic rings. The van der Waals surface area contributed by atoms with Crippen LogP contribution in [-0.2, 0) is 0 Å². The first kappa shape index (κ1) is 9.29. The van der Waals surface area contributed by atoms with E-state index in [0.717, 1.165) is 31.4 Å². The Kier molecular flexibility index (Phi) is 2.55. The highest BCUT2D eigenvalue weighted by Gasteiger charge is 2.20.